The molecule has 2 rings (SSSR count). The van der Waals surface area contributed by atoms with Crippen LogP contribution in [0.4, 0.5) is 5.69 Å². The predicted molar refractivity (Wildman–Crippen MR) is 65.6 cm³/mol. The zero-order valence-electron chi connectivity index (χ0n) is 8.93. The fourth-order valence-corrected chi connectivity index (χ4v) is 2.09. The van der Waals surface area contributed by atoms with Gasteiger partial charge >= 0.3 is 0 Å². The van der Waals surface area contributed by atoms with Crippen LogP contribution < -0.4 is 5.32 Å². The number of rotatable bonds is 3. The van der Waals surface area contributed by atoms with E-state index in [1.54, 1.807) is 17.5 Å². The summed E-state index contributed by atoms with van der Waals surface area (Å²) < 4.78 is 0. The molecule has 82 valence electrons. The van der Waals surface area contributed by atoms with Gasteiger partial charge in [-0.3, -0.25) is 9.78 Å². The topological polar surface area (TPSA) is 42.0 Å². The maximum atomic E-state index is 11.7. The van der Waals surface area contributed by atoms with Gasteiger partial charge in [0.25, 0.3) is 0 Å². The normalized spacial score (nSPS) is 10.1. The van der Waals surface area contributed by atoms with E-state index in [1.807, 2.05) is 36.6 Å². The van der Waals surface area contributed by atoms with Crippen molar-refractivity contribution < 1.29 is 4.79 Å². The summed E-state index contributed by atoms with van der Waals surface area (Å²) in [5, 5.41) is 4.82. The first-order valence-electron chi connectivity index (χ1n) is 4.99. The van der Waals surface area contributed by atoms with Gasteiger partial charge in [0, 0.05) is 11.1 Å². The van der Waals surface area contributed by atoms with E-state index in [9.17, 15) is 4.79 Å². The Hall–Kier alpha value is -1.68. The average Bonchev–Trinajstić information content (AvgIpc) is 2.74. The van der Waals surface area contributed by atoms with Gasteiger partial charge in [0.2, 0.25) is 5.91 Å². The van der Waals surface area contributed by atoms with Crippen molar-refractivity contribution in [2.24, 2.45) is 0 Å². The van der Waals surface area contributed by atoms with Crippen LogP contribution in [0.2, 0.25) is 0 Å². The van der Waals surface area contributed by atoms with Crippen LogP contribution in [0, 0.1) is 6.92 Å². The Morgan fingerprint density at radius 1 is 1.44 bits per heavy atom. The van der Waals surface area contributed by atoms with Gasteiger partial charge in [-0.05, 0) is 30.5 Å². The molecule has 0 saturated heterocycles. The number of amides is 1. The molecule has 0 atom stereocenters. The molecule has 1 N–H and O–H groups in total. The second-order valence-corrected chi connectivity index (χ2v) is 4.47. The van der Waals surface area contributed by atoms with Crippen LogP contribution in [-0.2, 0) is 11.2 Å². The summed E-state index contributed by atoms with van der Waals surface area (Å²) in [7, 11) is 0. The molecule has 0 bridgehead atoms. The Morgan fingerprint density at radius 2 is 2.31 bits per heavy atom. The van der Waals surface area contributed by atoms with E-state index < -0.39 is 0 Å². The van der Waals surface area contributed by atoms with Crippen LogP contribution in [0.5, 0.6) is 0 Å². The third kappa shape index (κ3) is 2.67. The zero-order valence-corrected chi connectivity index (χ0v) is 9.75. The average molecular weight is 232 g/mol. The Labute approximate surface area is 98.2 Å². The number of pyridine rings is 1. The second kappa shape index (κ2) is 4.90. The molecule has 0 aliphatic rings. The first-order chi connectivity index (χ1) is 7.75. The van der Waals surface area contributed by atoms with Gasteiger partial charge in [-0.15, -0.1) is 11.3 Å². The van der Waals surface area contributed by atoms with Crippen LogP contribution in [-0.4, -0.2) is 10.9 Å². The van der Waals surface area contributed by atoms with Crippen molar-refractivity contribution >= 4 is 22.9 Å². The maximum Gasteiger partial charge on any atom is 0.229 e. The number of hydrogen-bond acceptors (Lipinski definition) is 3. The summed E-state index contributed by atoms with van der Waals surface area (Å²) in [6.07, 6.45) is 2.14. The number of aromatic nitrogens is 1. The van der Waals surface area contributed by atoms with Crippen molar-refractivity contribution in [1.82, 2.24) is 4.98 Å². The minimum absolute atomic E-state index is 0.00134. The molecule has 0 fully saturated rings. The van der Waals surface area contributed by atoms with E-state index in [-0.39, 0.29) is 5.91 Å². The zero-order chi connectivity index (χ0) is 11.4. The van der Waals surface area contributed by atoms with E-state index in [0.717, 1.165) is 16.3 Å². The smallest absolute Gasteiger partial charge is 0.229 e. The number of aryl methyl sites for hydroxylation is 1. The number of nitrogens with zero attached hydrogens (tertiary/aromatic N) is 1. The summed E-state index contributed by atoms with van der Waals surface area (Å²) in [4.78, 5) is 16.9. The first kappa shape index (κ1) is 10.8. The first-order valence-corrected chi connectivity index (χ1v) is 5.87. The highest BCUT2D eigenvalue weighted by Crippen LogP contribution is 2.13. The lowest BCUT2D eigenvalue weighted by molar-refractivity contribution is -0.115. The standard InChI is InChI=1S/C12H12N2OS/c1-9-11(5-2-6-13-9)14-12(15)8-10-4-3-7-16-10/h2-7H,8H2,1H3,(H,14,15). The SMILES string of the molecule is Cc1ncccc1NC(=O)Cc1cccs1. The monoisotopic (exact) mass is 232 g/mol. The lowest BCUT2D eigenvalue weighted by atomic mass is 10.3. The maximum absolute atomic E-state index is 11.7. The van der Waals surface area contributed by atoms with E-state index >= 15 is 0 Å². The van der Waals surface area contributed by atoms with Crippen LogP contribution in [0.3, 0.4) is 0 Å². The number of hydrogen-bond donors (Lipinski definition) is 1. The van der Waals surface area contributed by atoms with Gasteiger partial charge < -0.3 is 5.32 Å². The Kier molecular flexibility index (Phi) is 3.31. The lowest BCUT2D eigenvalue weighted by Gasteiger charge is -2.06. The van der Waals surface area contributed by atoms with Crippen molar-refractivity contribution in [2.75, 3.05) is 5.32 Å². The number of carbonyl (C=O) groups excluding carboxylic acids is 1. The molecule has 0 aliphatic carbocycles. The van der Waals surface area contributed by atoms with E-state index in [1.165, 1.54) is 0 Å². The molecular formula is C12H12N2OS. The summed E-state index contributed by atoms with van der Waals surface area (Å²) in [5.74, 6) is -0.00134. The molecule has 0 aromatic carbocycles. The van der Waals surface area contributed by atoms with Gasteiger partial charge in [-0.25, -0.2) is 0 Å². The third-order valence-electron chi connectivity index (χ3n) is 2.20. The van der Waals surface area contributed by atoms with Gasteiger partial charge in [0.05, 0.1) is 17.8 Å². The molecule has 16 heavy (non-hydrogen) atoms. The molecule has 0 spiro atoms. The van der Waals surface area contributed by atoms with Gasteiger partial charge in [0.15, 0.2) is 0 Å². The fourth-order valence-electron chi connectivity index (χ4n) is 1.38. The molecule has 2 aromatic heterocycles. The number of carbonyl (C=O) groups is 1. The molecule has 0 radical (unpaired) electrons. The molecule has 1 amide bonds. The van der Waals surface area contributed by atoms with Crippen LogP contribution >= 0.6 is 11.3 Å². The predicted octanol–water partition coefficient (Wildman–Crippen LogP) is 2.63. The Bertz CT molecular complexity index is 480. The Balaban J connectivity index is 2.00. The number of nitrogens with one attached hydrogen (secondary N) is 1. The van der Waals surface area contributed by atoms with Gasteiger partial charge in [-0.1, -0.05) is 6.07 Å². The van der Waals surface area contributed by atoms with Gasteiger partial charge in [-0.2, -0.15) is 0 Å². The van der Waals surface area contributed by atoms with E-state index in [2.05, 4.69) is 10.3 Å². The second-order valence-electron chi connectivity index (χ2n) is 3.44. The lowest BCUT2D eigenvalue weighted by Crippen LogP contribution is -2.14. The highest BCUT2D eigenvalue weighted by atomic mass is 32.1. The largest absolute Gasteiger partial charge is 0.324 e. The Morgan fingerprint density at radius 3 is 3.00 bits per heavy atom. The van der Waals surface area contributed by atoms with Crippen LogP contribution in [0.25, 0.3) is 0 Å². The van der Waals surface area contributed by atoms with Crippen molar-refractivity contribution in [2.45, 2.75) is 13.3 Å². The molecule has 0 aliphatic heterocycles. The number of thiophene rings is 1. The number of anilines is 1. The quantitative estimate of drug-likeness (QED) is 0.884. The summed E-state index contributed by atoms with van der Waals surface area (Å²) >= 11 is 1.59. The minimum atomic E-state index is -0.00134. The minimum Gasteiger partial charge on any atom is -0.324 e. The molecule has 0 unspecified atom stereocenters. The fraction of sp³-hybridized carbons (Fsp3) is 0.167. The highest BCUT2D eigenvalue weighted by molar-refractivity contribution is 7.10. The van der Waals surface area contributed by atoms with E-state index in [4.69, 9.17) is 0 Å². The van der Waals surface area contributed by atoms with Crippen LogP contribution in [0.1, 0.15) is 10.6 Å². The molecule has 4 heteroatoms. The van der Waals surface area contributed by atoms with Crippen LogP contribution in [0.15, 0.2) is 35.8 Å². The molecule has 0 saturated carbocycles. The van der Waals surface area contributed by atoms with Gasteiger partial charge in [0.1, 0.15) is 0 Å². The highest BCUT2D eigenvalue weighted by Gasteiger charge is 2.06. The van der Waals surface area contributed by atoms with Crippen molar-refractivity contribution in [3.8, 4) is 0 Å². The summed E-state index contributed by atoms with van der Waals surface area (Å²) in [6, 6.07) is 7.57. The molecule has 2 aromatic rings. The third-order valence-corrected chi connectivity index (χ3v) is 3.07. The van der Waals surface area contributed by atoms with Crippen molar-refractivity contribution in [1.29, 1.82) is 0 Å². The van der Waals surface area contributed by atoms with E-state index in [0.29, 0.717) is 6.42 Å². The molecule has 2 heterocycles. The summed E-state index contributed by atoms with van der Waals surface area (Å²) in [6.45, 7) is 1.88. The molecule has 3 nitrogen and oxygen atoms in total. The van der Waals surface area contributed by atoms with Crippen molar-refractivity contribution in [3.63, 3.8) is 0 Å². The van der Waals surface area contributed by atoms with Crippen molar-refractivity contribution in [3.05, 3.63) is 46.4 Å². The molecular weight excluding hydrogens is 220 g/mol. The summed E-state index contributed by atoms with van der Waals surface area (Å²) in [5.41, 5.74) is 1.62.